The Bertz CT molecular complexity index is 374. The fourth-order valence-electron chi connectivity index (χ4n) is 4.15. The fraction of sp³-hybridized carbons (Fsp3) is 0.938. The standard InChI is InChI=1S/C16H29N3O.2ClH/c1-3-18(2)11-13-4-9-19(12-13)15(20)14-10-16(14)5-7-17-8-6-16;;/h13-14,17H,3-12H2,1-2H3;2*1H. The van der Waals surface area contributed by atoms with Gasteiger partial charge in [0.1, 0.15) is 0 Å². The van der Waals surface area contributed by atoms with Crippen LogP contribution in [0, 0.1) is 17.3 Å². The zero-order valence-corrected chi connectivity index (χ0v) is 15.5. The van der Waals surface area contributed by atoms with Gasteiger partial charge in [-0.1, -0.05) is 6.92 Å². The first-order valence-electron chi connectivity index (χ1n) is 8.33. The van der Waals surface area contributed by atoms with Gasteiger partial charge in [-0.2, -0.15) is 0 Å². The normalized spacial score (nSPS) is 29.1. The zero-order valence-electron chi connectivity index (χ0n) is 13.8. The van der Waals surface area contributed by atoms with Crippen LogP contribution in [-0.4, -0.2) is 62.0 Å². The van der Waals surface area contributed by atoms with Crippen molar-refractivity contribution in [1.29, 1.82) is 0 Å². The third-order valence-corrected chi connectivity index (χ3v) is 5.79. The molecule has 3 fully saturated rings. The number of hydrogen-bond acceptors (Lipinski definition) is 3. The van der Waals surface area contributed by atoms with E-state index in [4.69, 9.17) is 0 Å². The molecule has 2 aliphatic heterocycles. The molecule has 2 saturated heterocycles. The lowest BCUT2D eigenvalue weighted by molar-refractivity contribution is -0.132. The van der Waals surface area contributed by atoms with Crippen LogP contribution < -0.4 is 5.32 Å². The summed E-state index contributed by atoms with van der Waals surface area (Å²) in [7, 11) is 2.18. The minimum atomic E-state index is 0. The fourth-order valence-corrected chi connectivity index (χ4v) is 4.15. The highest BCUT2D eigenvalue weighted by Gasteiger charge is 2.58. The number of amides is 1. The first-order valence-corrected chi connectivity index (χ1v) is 8.33. The van der Waals surface area contributed by atoms with E-state index < -0.39 is 0 Å². The predicted molar refractivity (Wildman–Crippen MR) is 95.0 cm³/mol. The van der Waals surface area contributed by atoms with E-state index in [9.17, 15) is 4.79 Å². The first kappa shape index (κ1) is 20.0. The van der Waals surface area contributed by atoms with Crippen LogP contribution in [0.15, 0.2) is 0 Å². The minimum absolute atomic E-state index is 0. The average molecular weight is 352 g/mol. The van der Waals surface area contributed by atoms with E-state index in [1.807, 2.05) is 0 Å². The summed E-state index contributed by atoms with van der Waals surface area (Å²) in [5, 5.41) is 3.41. The van der Waals surface area contributed by atoms with E-state index in [1.54, 1.807) is 0 Å². The minimum Gasteiger partial charge on any atom is -0.342 e. The van der Waals surface area contributed by atoms with Crippen molar-refractivity contribution < 1.29 is 4.79 Å². The second-order valence-corrected chi connectivity index (χ2v) is 7.16. The Morgan fingerprint density at radius 1 is 1.32 bits per heavy atom. The maximum absolute atomic E-state index is 12.7. The average Bonchev–Trinajstić information content (AvgIpc) is 2.95. The molecule has 2 atom stereocenters. The molecular weight excluding hydrogens is 321 g/mol. The van der Waals surface area contributed by atoms with Crippen LogP contribution in [0.4, 0.5) is 0 Å². The van der Waals surface area contributed by atoms with E-state index >= 15 is 0 Å². The predicted octanol–water partition coefficient (Wildman–Crippen LogP) is 2.02. The summed E-state index contributed by atoms with van der Waals surface area (Å²) >= 11 is 0. The molecule has 2 heterocycles. The summed E-state index contributed by atoms with van der Waals surface area (Å²) in [4.78, 5) is 17.2. The molecule has 1 saturated carbocycles. The number of hydrogen-bond donors (Lipinski definition) is 1. The van der Waals surface area contributed by atoms with E-state index in [-0.39, 0.29) is 24.8 Å². The summed E-state index contributed by atoms with van der Waals surface area (Å²) in [5.41, 5.74) is 0.390. The number of nitrogens with one attached hydrogen (secondary N) is 1. The second kappa shape index (κ2) is 8.18. The molecule has 1 aliphatic carbocycles. The lowest BCUT2D eigenvalue weighted by Gasteiger charge is -2.25. The van der Waals surface area contributed by atoms with Gasteiger partial charge in [-0.05, 0) is 63.7 Å². The van der Waals surface area contributed by atoms with E-state index in [1.165, 1.54) is 19.3 Å². The third-order valence-electron chi connectivity index (χ3n) is 5.79. The van der Waals surface area contributed by atoms with Crippen molar-refractivity contribution in [3.63, 3.8) is 0 Å². The van der Waals surface area contributed by atoms with Crippen molar-refractivity contribution in [3.05, 3.63) is 0 Å². The Morgan fingerprint density at radius 3 is 2.64 bits per heavy atom. The molecule has 6 heteroatoms. The van der Waals surface area contributed by atoms with Crippen LogP contribution in [0.3, 0.4) is 0 Å². The maximum Gasteiger partial charge on any atom is 0.226 e. The Hall–Kier alpha value is -0.0300. The van der Waals surface area contributed by atoms with E-state index in [2.05, 4.69) is 29.1 Å². The van der Waals surface area contributed by atoms with Crippen molar-refractivity contribution in [2.24, 2.45) is 17.3 Å². The van der Waals surface area contributed by atoms with Crippen LogP contribution in [-0.2, 0) is 4.79 Å². The van der Waals surface area contributed by atoms with Crippen LogP contribution in [0.2, 0.25) is 0 Å². The number of piperidine rings is 1. The highest BCUT2D eigenvalue weighted by Crippen LogP contribution is 2.59. The van der Waals surface area contributed by atoms with Gasteiger partial charge in [-0.3, -0.25) is 4.79 Å². The Labute approximate surface area is 147 Å². The van der Waals surface area contributed by atoms with Gasteiger partial charge in [-0.15, -0.1) is 24.8 Å². The topological polar surface area (TPSA) is 35.6 Å². The number of likely N-dealkylation sites (tertiary alicyclic amines) is 1. The van der Waals surface area contributed by atoms with Crippen molar-refractivity contribution in [1.82, 2.24) is 15.1 Å². The lowest BCUT2D eigenvalue weighted by Crippen LogP contribution is -2.36. The highest BCUT2D eigenvalue weighted by molar-refractivity contribution is 5.85. The summed E-state index contributed by atoms with van der Waals surface area (Å²) in [6.45, 7) is 8.63. The molecule has 4 nitrogen and oxygen atoms in total. The molecule has 1 spiro atoms. The van der Waals surface area contributed by atoms with Gasteiger partial charge < -0.3 is 15.1 Å². The molecule has 0 aromatic rings. The number of halogens is 2. The smallest absolute Gasteiger partial charge is 0.226 e. The van der Waals surface area contributed by atoms with Crippen LogP contribution in [0.25, 0.3) is 0 Å². The van der Waals surface area contributed by atoms with E-state index in [0.717, 1.165) is 45.7 Å². The van der Waals surface area contributed by atoms with Crippen molar-refractivity contribution in [3.8, 4) is 0 Å². The summed E-state index contributed by atoms with van der Waals surface area (Å²) in [6.07, 6.45) is 4.76. The Balaban J connectivity index is 0.00000121. The SMILES string of the molecule is CCN(C)CC1CCN(C(=O)C2CC23CCNCC3)C1.Cl.Cl. The maximum atomic E-state index is 12.7. The molecule has 0 bridgehead atoms. The quantitative estimate of drug-likeness (QED) is 0.841. The zero-order chi connectivity index (χ0) is 14.2. The number of rotatable bonds is 4. The second-order valence-electron chi connectivity index (χ2n) is 7.16. The molecule has 22 heavy (non-hydrogen) atoms. The molecule has 0 radical (unpaired) electrons. The van der Waals surface area contributed by atoms with Crippen LogP contribution in [0.5, 0.6) is 0 Å². The van der Waals surface area contributed by atoms with Gasteiger partial charge in [0.25, 0.3) is 0 Å². The van der Waals surface area contributed by atoms with Crippen molar-refractivity contribution in [2.45, 2.75) is 32.6 Å². The van der Waals surface area contributed by atoms with Gasteiger partial charge >= 0.3 is 0 Å². The van der Waals surface area contributed by atoms with Crippen LogP contribution >= 0.6 is 24.8 Å². The molecule has 2 unspecified atom stereocenters. The number of carbonyl (C=O) groups is 1. The Morgan fingerprint density at radius 2 is 2.00 bits per heavy atom. The summed E-state index contributed by atoms with van der Waals surface area (Å²) in [5.74, 6) is 1.51. The molecule has 3 rings (SSSR count). The number of carbonyl (C=O) groups excluding carboxylic acids is 1. The molecular formula is C16H31Cl2N3O. The largest absolute Gasteiger partial charge is 0.342 e. The summed E-state index contributed by atoms with van der Waals surface area (Å²) < 4.78 is 0. The molecule has 3 aliphatic rings. The van der Waals surface area contributed by atoms with Gasteiger partial charge in [0.15, 0.2) is 0 Å². The van der Waals surface area contributed by atoms with Crippen molar-refractivity contribution >= 4 is 30.7 Å². The molecule has 1 amide bonds. The summed E-state index contributed by atoms with van der Waals surface area (Å²) in [6, 6.07) is 0. The molecule has 0 aromatic carbocycles. The lowest BCUT2D eigenvalue weighted by atomic mass is 9.91. The highest BCUT2D eigenvalue weighted by atomic mass is 35.5. The monoisotopic (exact) mass is 351 g/mol. The Kier molecular flexibility index (Phi) is 7.44. The van der Waals surface area contributed by atoms with Gasteiger partial charge in [-0.25, -0.2) is 0 Å². The van der Waals surface area contributed by atoms with Crippen molar-refractivity contribution in [2.75, 3.05) is 46.3 Å². The molecule has 0 aromatic heterocycles. The van der Waals surface area contributed by atoms with Gasteiger partial charge in [0.2, 0.25) is 5.91 Å². The van der Waals surface area contributed by atoms with E-state index in [0.29, 0.717) is 23.2 Å². The number of nitrogens with zero attached hydrogens (tertiary/aromatic N) is 2. The third kappa shape index (κ3) is 4.08. The molecule has 1 N–H and O–H groups in total. The molecule has 130 valence electrons. The van der Waals surface area contributed by atoms with Crippen LogP contribution in [0.1, 0.15) is 32.6 Å². The van der Waals surface area contributed by atoms with Gasteiger partial charge in [0, 0.05) is 25.6 Å². The first-order chi connectivity index (χ1) is 9.64. The van der Waals surface area contributed by atoms with Gasteiger partial charge in [0.05, 0.1) is 0 Å².